The zero-order valence-electron chi connectivity index (χ0n) is 23.4. The molecule has 1 aliphatic carbocycles. The van der Waals surface area contributed by atoms with Crippen LogP contribution in [-0.2, 0) is 16.5 Å². The minimum atomic E-state index is -0.577. The molecule has 1 aromatic carbocycles. The van der Waals surface area contributed by atoms with E-state index in [0.29, 0.717) is 44.7 Å². The summed E-state index contributed by atoms with van der Waals surface area (Å²) in [5, 5.41) is 10.0. The van der Waals surface area contributed by atoms with Gasteiger partial charge in [0.2, 0.25) is 5.95 Å². The largest absolute Gasteiger partial charge is 0.444 e. The number of ether oxygens (including phenoxy) is 2. The van der Waals surface area contributed by atoms with Gasteiger partial charge in [0.05, 0.1) is 36.4 Å². The highest BCUT2D eigenvalue weighted by Gasteiger charge is 2.66. The molecule has 12 heteroatoms. The van der Waals surface area contributed by atoms with E-state index in [1.165, 1.54) is 0 Å². The van der Waals surface area contributed by atoms with Crippen LogP contribution in [0.4, 0.5) is 10.6 Å². The van der Waals surface area contributed by atoms with E-state index in [-0.39, 0.29) is 18.1 Å². The molecule has 2 aliphatic heterocycles. The number of aliphatic hydroxyl groups is 1. The van der Waals surface area contributed by atoms with E-state index in [1.807, 2.05) is 60.1 Å². The summed E-state index contributed by atoms with van der Waals surface area (Å²) in [5.74, 6) is 2.70. The molecule has 0 bridgehead atoms. The summed E-state index contributed by atoms with van der Waals surface area (Å²) in [6.45, 7) is 10.7. The number of nitrogens with zero attached hydrogens (tertiary/aromatic N) is 8. The monoisotopic (exact) mass is 546 g/mol. The lowest BCUT2D eigenvalue weighted by atomic mass is 10.1. The minimum Gasteiger partial charge on any atom is -0.444 e. The molecule has 7 rings (SSSR count). The van der Waals surface area contributed by atoms with Gasteiger partial charge in [0.1, 0.15) is 17.8 Å². The lowest BCUT2D eigenvalue weighted by Crippen LogP contribution is -2.46. The van der Waals surface area contributed by atoms with Crippen molar-refractivity contribution in [2.24, 2.45) is 13.0 Å². The Balaban J connectivity index is 1.29. The van der Waals surface area contributed by atoms with Crippen molar-refractivity contribution in [2.75, 3.05) is 37.7 Å². The third-order valence-corrected chi connectivity index (χ3v) is 8.12. The molecule has 0 radical (unpaired) electrons. The van der Waals surface area contributed by atoms with E-state index in [0.717, 1.165) is 39.4 Å². The van der Waals surface area contributed by atoms with Gasteiger partial charge in [0.15, 0.2) is 17.0 Å². The van der Waals surface area contributed by atoms with Crippen LogP contribution in [0.25, 0.3) is 28.1 Å². The summed E-state index contributed by atoms with van der Waals surface area (Å²) in [5.41, 5.74) is 3.38. The molecular weight excluding hydrogens is 512 g/mol. The topological polar surface area (TPSA) is 124 Å². The van der Waals surface area contributed by atoms with Crippen molar-refractivity contribution >= 4 is 34.1 Å². The van der Waals surface area contributed by atoms with Crippen molar-refractivity contribution in [3.63, 3.8) is 0 Å². The fraction of sp³-hybridized carbons (Fsp3) is 0.536. The van der Waals surface area contributed by atoms with E-state index < -0.39 is 11.7 Å². The number of anilines is 1. The number of amides is 1. The lowest BCUT2D eigenvalue weighted by molar-refractivity contribution is 0.0108. The predicted molar refractivity (Wildman–Crippen MR) is 148 cm³/mol. The van der Waals surface area contributed by atoms with E-state index in [2.05, 4.69) is 9.88 Å². The molecule has 4 atom stereocenters. The Bertz CT molecular complexity index is 1630. The van der Waals surface area contributed by atoms with Crippen LogP contribution in [0.2, 0.25) is 0 Å². The standard InChI is InChI=1S/C28H34N8O4/c1-15(37)16-6-7-19-18(12-16)29-14-36(19)26-31-24-21(25(32-26)34-8-10-39-11-9-34)30-23(33(24)5)20-17-13-35(22(17)20)27(38)40-28(2,3)4/h6-7,12,14-15,17,20,22,37H,8-11,13H2,1-5H3. The first-order valence-electron chi connectivity index (χ1n) is 13.8. The van der Waals surface area contributed by atoms with Crippen LogP contribution >= 0.6 is 0 Å². The summed E-state index contributed by atoms with van der Waals surface area (Å²) in [4.78, 5) is 36.4. The van der Waals surface area contributed by atoms with Crippen molar-refractivity contribution in [1.82, 2.24) is 34.0 Å². The number of hydrogen-bond acceptors (Lipinski definition) is 9. The summed E-state index contributed by atoms with van der Waals surface area (Å²) in [6.07, 6.45) is 0.876. The molecule has 3 aliphatic rings. The molecular formula is C28H34N8O4. The number of aryl methyl sites for hydroxylation is 1. The summed E-state index contributed by atoms with van der Waals surface area (Å²) >= 11 is 0. The Kier molecular flexibility index (Phi) is 5.59. The van der Waals surface area contributed by atoms with Gasteiger partial charge in [-0.2, -0.15) is 9.97 Å². The van der Waals surface area contributed by atoms with E-state index in [9.17, 15) is 9.90 Å². The lowest BCUT2D eigenvalue weighted by Gasteiger charge is -2.32. The Hall–Kier alpha value is -3.77. The molecule has 40 heavy (non-hydrogen) atoms. The smallest absolute Gasteiger partial charge is 0.410 e. The Morgan fingerprint density at radius 2 is 1.95 bits per heavy atom. The number of imidazole rings is 2. The molecule has 1 saturated carbocycles. The molecule has 1 amide bonds. The fourth-order valence-electron chi connectivity index (χ4n) is 5.98. The molecule has 2 saturated heterocycles. The average molecular weight is 547 g/mol. The fourth-order valence-corrected chi connectivity index (χ4v) is 5.98. The van der Waals surface area contributed by atoms with Crippen molar-refractivity contribution < 1.29 is 19.4 Å². The molecule has 4 aromatic rings. The van der Waals surface area contributed by atoms with Crippen LogP contribution in [0.3, 0.4) is 0 Å². The summed E-state index contributed by atoms with van der Waals surface area (Å²) < 4.78 is 15.2. The molecule has 5 heterocycles. The first kappa shape index (κ1) is 25.2. The molecule has 4 unspecified atom stereocenters. The number of hydrogen-bond donors (Lipinski definition) is 1. The van der Waals surface area contributed by atoms with Gasteiger partial charge in [-0.05, 0) is 45.4 Å². The van der Waals surface area contributed by atoms with Crippen LogP contribution < -0.4 is 4.90 Å². The zero-order chi connectivity index (χ0) is 27.9. The Morgan fingerprint density at radius 1 is 1.18 bits per heavy atom. The highest BCUT2D eigenvalue weighted by Crippen LogP contribution is 2.59. The molecule has 210 valence electrons. The first-order chi connectivity index (χ1) is 19.1. The van der Waals surface area contributed by atoms with Crippen molar-refractivity contribution in [3.8, 4) is 5.95 Å². The third kappa shape index (κ3) is 4.00. The number of aromatic nitrogens is 6. The van der Waals surface area contributed by atoms with Crippen LogP contribution in [0, 0.1) is 5.92 Å². The number of rotatable bonds is 4. The number of aliphatic hydroxyl groups excluding tert-OH is 1. The summed E-state index contributed by atoms with van der Waals surface area (Å²) in [7, 11) is 1.99. The number of fused-ring (bicyclic) bond motifs is 3. The quantitative estimate of drug-likeness (QED) is 0.411. The van der Waals surface area contributed by atoms with Gasteiger partial charge in [0.25, 0.3) is 0 Å². The average Bonchev–Trinajstić information content (AvgIpc) is 3.17. The Labute approximate surface area is 231 Å². The van der Waals surface area contributed by atoms with Crippen LogP contribution in [-0.4, -0.2) is 89.7 Å². The zero-order valence-corrected chi connectivity index (χ0v) is 23.4. The molecule has 3 fully saturated rings. The van der Waals surface area contributed by atoms with Crippen molar-refractivity contribution in [2.45, 2.75) is 51.4 Å². The normalized spacial score (nSPS) is 23.3. The number of likely N-dealkylation sites (tertiary alicyclic amines) is 1. The van der Waals surface area contributed by atoms with E-state index in [4.69, 9.17) is 24.4 Å². The van der Waals surface area contributed by atoms with Crippen LogP contribution in [0.15, 0.2) is 24.5 Å². The number of benzene rings is 1. The second kappa shape index (κ2) is 8.87. The van der Waals surface area contributed by atoms with Gasteiger partial charge in [-0.25, -0.2) is 14.8 Å². The van der Waals surface area contributed by atoms with Gasteiger partial charge in [-0.1, -0.05) is 6.07 Å². The SMILES string of the molecule is CC(O)c1ccc2c(c1)ncn2-c1nc(N2CCOCC2)c2nc(C3C4CN(C(=O)OC(C)(C)C)C43)n(C)c2n1. The maximum absolute atomic E-state index is 12.7. The van der Waals surface area contributed by atoms with Gasteiger partial charge >= 0.3 is 6.09 Å². The van der Waals surface area contributed by atoms with Crippen molar-refractivity contribution in [1.29, 1.82) is 0 Å². The number of morpholine rings is 1. The number of carbonyl (C=O) groups excluding carboxylic acids is 1. The van der Waals surface area contributed by atoms with E-state index in [1.54, 1.807) is 13.3 Å². The molecule has 1 N–H and O–H groups in total. The van der Waals surface area contributed by atoms with Gasteiger partial charge in [-0.3, -0.25) is 4.57 Å². The number of carbonyl (C=O) groups is 1. The highest BCUT2D eigenvalue weighted by molar-refractivity contribution is 5.86. The van der Waals surface area contributed by atoms with Crippen LogP contribution in [0.1, 0.15) is 51.1 Å². The van der Waals surface area contributed by atoms with E-state index >= 15 is 0 Å². The second-order valence-corrected chi connectivity index (χ2v) is 12.0. The van der Waals surface area contributed by atoms with Crippen molar-refractivity contribution in [3.05, 3.63) is 35.9 Å². The second-order valence-electron chi connectivity index (χ2n) is 12.0. The van der Waals surface area contributed by atoms with Gasteiger partial charge in [0, 0.05) is 38.5 Å². The van der Waals surface area contributed by atoms with Gasteiger partial charge < -0.3 is 28.9 Å². The Morgan fingerprint density at radius 3 is 2.67 bits per heavy atom. The highest BCUT2D eigenvalue weighted by atomic mass is 16.6. The first-order valence-corrected chi connectivity index (χ1v) is 13.8. The third-order valence-electron chi connectivity index (χ3n) is 8.12. The van der Waals surface area contributed by atoms with Crippen LogP contribution in [0.5, 0.6) is 0 Å². The minimum absolute atomic E-state index is 0.102. The maximum Gasteiger partial charge on any atom is 0.410 e. The molecule has 12 nitrogen and oxygen atoms in total. The molecule has 3 aromatic heterocycles. The van der Waals surface area contributed by atoms with Gasteiger partial charge in [-0.15, -0.1) is 0 Å². The maximum atomic E-state index is 12.7. The molecule has 0 spiro atoms. The predicted octanol–water partition coefficient (Wildman–Crippen LogP) is 2.92. The summed E-state index contributed by atoms with van der Waals surface area (Å²) in [6, 6.07) is 5.83.